The van der Waals surface area contributed by atoms with Crippen LogP contribution in [0.3, 0.4) is 0 Å². The number of aliphatic hydroxyl groups is 1. The van der Waals surface area contributed by atoms with Crippen molar-refractivity contribution in [2.45, 2.75) is 51.9 Å². The zero-order chi connectivity index (χ0) is 21.5. The summed E-state index contributed by atoms with van der Waals surface area (Å²) in [6.45, 7) is 5.10. The molecule has 1 aromatic carbocycles. The number of cyclic esters (lactones) is 1. The molecule has 0 saturated heterocycles. The van der Waals surface area contributed by atoms with Gasteiger partial charge in [0, 0.05) is 48.7 Å². The molecule has 0 amide bonds. The number of fused-ring (bicyclic) bond motifs is 1. The van der Waals surface area contributed by atoms with E-state index in [1.165, 1.54) is 12.8 Å². The maximum Gasteiger partial charge on any atom is 0.338 e. The van der Waals surface area contributed by atoms with Gasteiger partial charge < -0.3 is 15.2 Å². The second-order valence-corrected chi connectivity index (χ2v) is 8.30. The molecule has 31 heavy (non-hydrogen) atoms. The number of carbonyl (C=O) groups is 1. The number of esters is 1. The molecule has 1 aliphatic heterocycles. The summed E-state index contributed by atoms with van der Waals surface area (Å²) >= 11 is 0. The van der Waals surface area contributed by atoms with Gasteiger partial charge in [-0.2, -0.15) is 0 Å². The summed E-state index contributed by atoms with van der Waals surface area (Å²) in [5.74, 6) is 1.91. The van der Waals surface area contributed by atoms with Gasteiger partial charge in [0.2, 0.25) is 5.95 Å². The highest BCUT2D eigenvalue weighted by molar-refractivity contribution is 5.93. The Labute approximate surface area is 180 Å². The third kappa shape index (κ3) is 3.84. The van der Waals surface area contributed by atoms with Gasteiger partial charge in [0.05, 0.1) is 17.4 Å². The molecule has 160 valence electrons. The molecule has 0 unspecified atom stereocenters. The van der Waals surface area contributed by atoms with Crippen LogP contribution in [-0.4, -0.2) is 37.1 Å². The van der Waals surface area contributed by atoms with Crippen molar-refractivity contribution in [3.8, 4) is 5.95 Å². The summed E-state index contributed by atoms with van der Waals surface area (Å²) in [5, 5.41) is 13.9. The number of carbonyl (C=O) groups excluding carboxylic acids is 1. The van der Waals surface area contributed by atoms with Gasteiger partial charge in [0.25, 0.3) is 0 Å². The molecule has 2 aromatic heterocycles. The third-order valence-electron chi connectivity index (χ3n) is 5.94. The fraction of sp³-hybridized carbons (Fsp3) is 0.391. The minimum Gasteiger partial charge on any atom is -0.457 e. The van der Waals surface area contributed by atoms with E-state index in [-0.39, 0.29) is 12.6 Å². The van der Waals surface area contributed by atoms with Gasteiger partial charge in [-0.3, -0.25) is 4.57 Å². The molecule has 5 rings (SSSR count). The Morgan fingerprint density at radius 1 is 1.26 bits per heavy atom. The Morgan fingerprint density at radius 2 is 2.03 bits per heavy atom. The lowest BCUT2D eigenvalue weighted by Crippen LogP contribution is -2.22. The maximum absolute atomic E-state index is 11.7. The van der Waals surface area contributed by atoms with Crippen LogP contribution in [0.25, 0.3) is 5.95 Å². The van der Waals surface area contributed by atoms with Gasteiger partial charge in [0.15, 0.2) is 0 Å². The van der Waals surface area contributed by atoms with Crippen molar-refractivity contribution in [1.82, 2.24) is 24.8 Å². The molecule has 2 aliphatic rings. The predicted molar refractivity (Wildman–Crippen MR) is 113 cm³/mol. The van der Waals surface area contributed by atoms with Crippen LogP contribution in [-0.2, 0) is 17.9 Å². The number of ether oxygens (including phenoxy) is 1. The number of hydrogen-bond donors (Lipinski definition) is 2. The first-order chi connectivity index (χ1) is 15.0. The van der Waals surface area contributed by atoms with E-state index in [1.54, 1.807) is 24.5 Å². The normalized spacial score (nSPS) is 16.3. The zero-order valence-corrected chi connectivity index (χ0v) is 17.6. The van der Waals surface area contributed by atoms with Crippen LogP contribution in [0.5, 0.6) is 0 Å². The molecule has 1 saturated carbocycles. The van der Waals surface area contributed by atoms with Crippen molar-refractivity contribution in [1.29, 1.82) is 0 Å². The van der Waals surface area contributed by atoms with Crippen molar-refractivity contribution in [3.63, 3.8) is 0 Å². The molecule has 3 heterocycles. The van der Waals surface area contributed by atoms with Crippen molar-refractivity contribution in [2.24, 2.45) is 0 Å². The molecule has 2 N–H and O–H groups in total. The fourth-order valence-corrected chi connectivity index (χ4v) is 4.06. The van der Waals surface area contributed by atoms with Gasteiger partial charge in [-0.05, 0) is 43.9 Å². The Kier molecular flexibility index (Phi) is 5.03. The summed E-state index contributed by atoms with van der Waals surface area (Å²) in [7, 11) is 0. The number of aliphatic hydroxyl groups excluding tert-OH is 1. The number of aromatic nitrogens is 4. The highest BCUT2D eigenvalue weighted by atomic mass is 16.5. The van der Waals surface area contributed by atoms with Crippen LogP contribution in [0.1, 0.15) is 69.0 Å². The van der Waals surface area contributed by atoms with Crippen LogP contribution >= 0.6 is 0 Å². The zero-order valence-electron chi connectivity index (χ0n) is 17.6. The summed E-state index contributed by atoms with van der Waals surface area (Å²) in [4.78, 5) is 25.3. The number of hydrogen-bond acceptors (Lipinski definition) is 7. The molecule has 1 atom stereocenters. The van der Waals surface area contributed by atoms with Crippen molar-refractivity contribution in [2.75, 3.05) is 6.54 Å². The number of benzene rings is 1. The number of imidazole rings is 1. The number of rotatable bonds is 7. The van der Waals surface area contributed by atoms with Crippen molar-refractivity contribution < 1.29 is 14.6 Å². The van der Waals surface area contributed by atoms with E-state index in [9.17, 15) is 9.90 Å². The molecular formula is C23H25N5O3. The number of aryl methyl sites for hydroxylation is 1. The second kappa shape index (κ2) is 7.86. The second-order valence-electron chi connectivity index (χ2n) is 8.30. The monoisotopic (exact) mass is 419 g/mol. The molecule has 0 spiro atoms. The average molecular weight is 419 g/mol. The Morgan fingerprint density at radius 3 is 2.77 bits per heavy atom. The van der Waals surface area contributed by atoms with Crippen LogP contribution < -0.4 is 5.32 Å². The predicted octanol–water partition coefficient (Wildman–Crippen LogP) is 2.65. The molecular weight excluding hydrogens is 394 g/mol. The fourth-order valence-electron chi connectivity index (χ4n) is 4.06. The van der Waals surface area contributed by atoms with E-state index in [1.807, 2.05) is 24.6 Å². The Bertz CT molecular complexity index is 1130. The van der Waals surface area contributed by atoms with E-state index in [0.717, 1.165) is 33.8 Å². The Balaban J connectivity index is 1.21. The highest BCUT2D eigenvalue weighted by Gasteiger charge is 2.29. The standard InChI is InChI=1S/C23H25N5O3/c1-13-11-28(21(27-13)16-3-4-16)23-25-8-15(9-26-23)7-24-10-20(29)17-5-6-18-19(14(17)2)12-31-22(18)30/h5-6,8-9,11,16,20,24,29H,3-4,7,10,12H2,1-2H3/t20-/m0/s1. The molecule has 8 nitrogen and oxygen atoms in total. The number of nitrogens with one attached hydrogen (secondary N) is 1. The minimum absolute atomic E-state index is 0.274. The minimum atomic E-state index is -0.684. The summed E-state index contributed by atoms with van der Waals surface area (Å²) in [5.41, 5.74) is 5.09. The molecule has 1 fully saturated rings. The summed E-state index contributed by atoms with van der Waals surface area (Å²) < 4.78 is 7.07. The Hall–Kier alpha value is -3.10. The highest BCUT2D eigenvalue weighted by Crippen LogP contribution is 2.39. The summed E-state index contributed by atoms with van der Waals surface area (Å²) in [6.07, 6.45) is 7.25. The topological polar surface area (TPSA) is 102 Å². The van der Waals surface area contributed by atoms with Gasteiger partial charge in [-0.25, -0.2) is 19.7 Å². The number of nitrogens with zero attached hydrogens (tertiary/aromatic N) is 4. The molecule has 3 aromatic rings. The van der Waals surface area contributed by atoms with Gasteiger partial charge >= 0.3 is 5.97 Å². The van der Waals surface area contributed by atoms with Crippen molar-refractivity contribution in [3.05, 3.63) is 70.1 Å². The lowest BCUT2D eigenvalue weighted by molar-refractivity contribution is 0.0535. The third-order valence-corrected chi connectivity index (χ3v) is 5.94. The molecule has 1 aliphatic carbocycles. The smallest absolute Gasteiger partial charge is 0.338 e. The van der Waals surface area contributed by atoms with Crippen LogP contribution in [0.2, 0.25) is 0 Å². The van der Waals surface area contributed by atoms with Crippen molar-refractivity contribution >= 4 is 5.97 Å². The average Bonchev–Trinajstić information content (AvgIpc) is 3.44. The summed E-state index contributed by atoms with van der Waals surface area (Å²) in [6, 6.07) is 3.53. The van der Waals surface area contributed by atoms with Gasteiger partial charge in [0.1, 0.15) is 12.4 Å². The largest absolute Gasteiger partial charge is 0.457 e. The first-order valence-corrected chi connectivity index (χ1v) is 10.6. The molecule has 8 heteroatoms. The quantitative estimate of drug-likeness (QED) is 0.568. The maximum atomic E-state index is 11.7. The molecule has 0 radical (unpaired) electrons. The van der Waals surface area contributed by atoms with Crippen LogP contribution in [0.4, 0.5) is 0 Å². The van der Waals surface area contributed by atoms with E-state index >= 15 is 0 Å². The first-order valence-electron chi connectivity index (χ1n) is 10.6. The SMILES string of the molecule is Cc1cn(-c2ncc(CNC[C@H](O)c3ccc4c(c3C)COC4=O)cn2)c(C2CC2)n1. The van der Waals surface area contributed by atoms with Crippen LogP contribution in [0.15, 0.2) is 30.7 Å². The lowest BCUT2D eigenvalue weighted by Gasteiger charge is -2.16. The van der Waals surface area contributed by atoms with E-state index < -0.39 is 6.10 Å². The molecule has 0 bridgehead atoms. The van der Waals surface area contributed by atoms with E-state index in [4.69, 9.17) is 4.74 Å². The van der Waals surface area contributed by atoms with E-state index in [2.05, 4.69) is 20.3 Å². The van der Waals surface area contributed by atoms with E-state index in [0.29, 0.717) is 30.5 Å². The van der Waals surface area contributed by atoms with Gasteiger partial charge in [-0.15, -0.1) is 0 Å². The first kappa shape index (κ1) is 19.8. The van der Waals surface area contributed by atoms with Crippen LogP contribution in [0, 0.1) is 13.8 Å². The van der Waals surface area contributed by atoms with Gasteiger partial charge in [-0.1, -0.05) is 6.07 Å². The lowest BCUT2D eigenvalue weighted by atomic mass is 9.95.